The Balaban J connectivity index is 1.69. The minimum atomic E-state index is -0.322. The Labute approximate surface area is 210 Å². The van der Waals surface area contributed by atoms with Crippen LogP contribution in [0.2, 0.25) is 0 Å². The third-order valence-electron chi connectivity index (χ3n) is 5.44. The average molecular weight is 489 g/mol. The van der Waals surface area contributed by atoms with Crippen LogP contribution in [-0.4, -0.2) is 44.8 Å². The van der Waals surface area contributed by atoms with E-state index < -0.39 is 0 Å². The van der Waals surface area contributed by atoms with E-state index >= 15 is 0 Å². The average Bonchev–Trinajstić information content (AvgIpc) is 3.14. The number of fused-ring (bicyclic) bond motifs is 1. The van der Waals surface area contributed by atoms with Crippen LogP contribution in [0.4, 0.5) is 11.6 Å². The fourth-order valence-electron chi connectivity index (χ4n) is 3.64. The Bertz CT molecular complexity index is 1390. The Kier molecular flexibility index (Phi) is 7.10. The molecule has 4 rings (SSSR count). The van der Waals surface area contributed by atoms with Crippen LogP contribution < -0.4 is 20.1 Å². The molecule has 2 heterocycles. The number of hydrogen-bond donors (Lipinski definition) is 3. The SMILES string of the molecule is CCOc1ccc2nc(-c3cccc(OCC(=O)NC(C)(C)C)c3)nc(Nc3n[nH]c(C)c3C)c2c1. The van der Waals surface area contributed by atoms with Gasteiger partial charge in [-0.1, -0.05) is 12.1 Å². The number of carbonyl (C=O) groups is 1. The largest absolute Gasteiger partial charge is 0.494 e. The lowest BCUT2D eigenvalue weighted by Gasteiger charge is -2.20. The second-order valence-corrected chi connectivity index (χ2v) is 9.57. The van der Waals surface area contributed by atoms with Gasteiger partial charge in [-0.15, -0.1) is 0 Å². The minimum Gasteiger partial charge on any atom is -0.494 e. The third kappa shape index (κ3) is 5.91. The van der Waals surface area contributed by atoms with Crippen molar-refractivity contribution in [3.63, 3.8) is 0 Å². The monoisotopic (exact) mass is 488 g/mol. The van der Waals surface area contributed by atoms with Gasteiger partial charge in [0.1, 0.15) is 17.3 Å². The molecule has 0 aliphatic heterocycles. The molecule has 0 spiro atoms. The highest BCUT2D eigenvalue weighted by molar-refractivity contribution is 5.93. The van der Waals surface area contributed by atoms with E-state index in [1.807, 2.05) is 77.9 Å². The van der Waals surface area contributed by atoms with Crippen molar-refractivity contribution in [2.24, 2.45) is 0 Å². The van der Waals surface area contributed by atoms with Gasteiger partial charge in [0.2, 0.25) is 0 Å². The van der Waals surface area contributed by atoms with Crippen molar-refractivity contribution in [3.05, 3.63) is 53.7 Å². The number of anilines is 2. The zero-order valence-corrected chi connectivity index (χ0v) is 21.5. The fourth-order valence-corrected chi connectivity index (χ4v) is 3.64. The van der Waals surface area contributed by atoms with Gasteiger partial charge in [0.15, 0.2) is 18.2 Å². The summed E-state index contributed by atoms with van der Waals surface area (Å²) in [5.74, 6) is 2.94. The molecule has 188 valence electrons. The lowest BCUT2D eigenvalue weighted by Crippen LogP contribution is -2.43. The molecule has 0 fully saturated rings. The van der Waals surface area contributed by atoms with Gasteiger partial charge in [0, 0.05) is 27.7 Å². The minimum absolute atomic E-state index is 0.0793. The zero-order chi connectivity index (χ0) is 25.9. The van der Waals surface area contributed by atoms with Gasteiger partial charge < -0.3 is 20.1 Å². The van der Waals surface area contributed by atoms with Crippen LogP contribution in [0.5, 0.6) is 11.5 Å². The van der Waals surface area contributed by atoms with Crippen molar-refractivity contribution >= 4 is 28.4 Å². The Morgan fingerprint density at radius 2 is 1.78 bits per heavy atom. The first-order valence-corrected chi connectivity index (χ1v) is 11.9. The molecule has 0 aliphatic carbocycles. The molecule has 2 aromatic heterocycles. The molecule has 1 amide bonds. The maximum atomic E-state index is 12.2. The van der Waals surface area contributed by atoms with E-state index in [0.29, 0.717) is 29.8 Å². The van der Waals surface area contributed by atoms with Gasteiger partial charge in [0.25, 0.3) is 5.91 Å². The quantitative estimate of drug-likeness (QED) is 0.317. The number of ether oxygens (including phenoxy) is 2. The third-order valence-corrected chi connectivity index (χ3v) is 5.44. The number of nitrogens with one attached hydrogen (secondary N) is 3. The number of hydrogen-bond acceptors (Lipinski definition) is 7. The Morgan fingerprint density at radius 3 is 2.47 bits per heavy atom. The topological polar surface area (TPSA) is 114 Å². The maximum absolute atomic E-state index is 12.2. The molecular weight excluding hydrogens is 456 g/mol. The van der Waals surface area contributed by atoms with Crippen LogP contribution in [0.1, 0.15) is 39.0 Å². The number of amides is 1. The molecule has 0 atom stereocenters. The maximum Gasteiger partial charge on any atom is 0.258 e. The van der Waals surface area contributed by atoms with Crippen LogP contribution in [-0.2, 0) is 4.79 Å². The van der Waals surface area contributed by atoms with E-state index in [4.69, 9.17) is 19.4 Å². The van der Waals surface area contributed by atoms with E-state index in [9.17, 15) is 4.79 Å². The summed E-state index contributed by atoms with van der Waals surface area (Å²) in [5.41, 5.74) is 3.18. The van der Waals surface area contributed by atoms with Crippen molar-refractivity contribution in [2.75, 3.05) is 18.5 Å². The summed E-state index contributed by atoms with van der Waals surface area (Å²) < 4.78 is 11.4. The van der Waals surface area contributed by atoms with Crippen LogP contribution in [0.25, 0.3) is 22.3 Å². The number of rotatable bonds is 8. The molecule has 0 unspecified atom stereocenters. The summed E-state index contributed by atoms with van der Waals surface area (Å²) in [4.78, 5) is 21.8. The summed E-state index contributed by atoms with van der Waals surface area (Å²) in [7, 11) is 0. The predicted octanol–water partition coefficient (Wildman–Crippen LogP) is 5.07. The molecule has 4 aromatic rings. The van der Waals surface area contributed by atoms with E-state index in [-0.39, 0.29) is 18.1 Å². The molecule has 9 nitrogen and oxygen atoms in total. The standard InChI is InChI=1S/C27H32N6O3/c1-7-35-20-11-12-22-21(14-20)26(29-24-16(2)17(3)32-33-24)30-25(28-22)18-9-8-10-19(13-18)36-15-23(34)31-27(4,5)6/h8-14H,7,15H2,1-6H3,(H,31,34)(H2,28,29,30,32,33). The normalized spacial score (nSPS) is 11.4. The number of carbonyl (C=O) groups excluding carboxylic acids is 1. The van der Waals surface area contributed by atoms with Gasteiger partial charge in [-0.25, -0.2) is 9.97 Å². The number of aromatic amines is 1. The second-order valence-electron chi connectivity index (χ2n) is 9.57. The smallest absolute Gasteiger partial charge is 0.258 e. The van der Waals surface area contributed by atoms with Gasteiger partial charge in [-0.05, 0) is 71.9 Å². The summed E-state index contributed by atoms with van der Waals surface area (Å²) >= 11 is 0. The number of nitrogens with zero attached hydrogens (tertiary/aromatic N) is 3. The van der Waals surface area contributed by atoms with E-state index in [1.54, 1.807) is 6.07 Å². The summed E-state index contributed by atoms with van der Waals surface area (Å²) in [6.45, 7) is 12.2. The number of benzene rings is 2. The summed E-state index contributed by atoms with van der Waals surface area (Å²) in [6, 6.07) is 13.1. The molecule has 36 heavy (non-hydrogen) atoms. The molecule has 0 radical (unpaired) electrons. The summed E-state index contributed by atoms with van der Waals surface area (Å²) in [5, 5.41) is 14.4. The highest BCUT2D eigenvalue weighted by Gasteiger charge is 2.16. The van der Waals surface area contributed by atoms with Gasteiger partial charge >= 0.3 is 0 Å². The van der Waals surface area contributed by atoms with Crippen molar-refractivity contribution < 1.29 is 14.3 Å². The fraction of sp³-hybridized carbons (Fsp3) is 0.333. The van der Waals surface area contributed by atoms with E-state index in [2.05, 4.69) is 20.8 Å². The lowest BCUT2D eigenvalue weighted by molar-refractivity contribution is -0.124. The van der Waals surface area contributed by atoms with Gasteiger partial charge in [-0.2, -0.15) is 5.10 Å². The number of aromatic nitrogens is 4. The first kappa shape index (κ1) is 25.0. The van der Waals surface area contributed by atoms with Crippen LogP contribution in [0, 0.1) is 13.8 Å². The number of aryl methyl sites for hydroxylation is 1. The Morgan fingerprint density at radius 1 is 1.00 bits per heavy atom. The number of H-pyrrole nitrogens is 1. The molecular formula is C27H32N6O3. The molecule has 0 saturated heterocycles. The highest BCUT2D eigenvalue weighted by atomic mass is 16.5. The first-order valence-electron chi connectivity index (χ1n) is 11.9. The highest BCUT2D eigenvalue weighted by Crippen LogP contribution is 2.31. The molecule has 0 saturated carbocycles. The summed E-state index contributed by atoms with van der Waals surface area (Å²) in [6.07, 6.45) is 0. The lowest BCUT2D eigenvalue weighted by atomic mass is 10.1. The molecule has 9 heteroatoms. The van der Waals surface area contributed by atoms with Crippen LogP contribution in [0.3, 0.4) is 0 Å². The van der Waals surface area contributed by atoms with Crippen LogP contribution >= 0.6 is 0 Å². The Hall–Kier alpha value is -4.14. The van der Waals surface area contributed by atoms with Crippen LogP contribution in [0.15, 0.2) is 42.5 Å². The zero-order valence-electron chi connectivity index (χ0n) is 21.5. The van der Waals surface area contributed by atoms with Crippen molar-refractivity contribution in [2.45, 2.75) is 47.1 Å². The van der Waals surface area contributed by atoms with E-state index in [0.717, 1.165) is 33.5 Å². The van der Waals surface area contributed by atoms with Gasteiger partial charge in [0.05, 0.1) is 12.1 Å². The molecule has 0 aliphatic rings. The van der Waals surface area contributed by atoms with Crippen molar-refractivity contribution in [1.29, 1.82) is 0 Å². The van der Waals surface area contributed by atoms with Crippen molar-refractivity contribution in [1.82, 2.24) is 25.5 Å². The van der Waals surface area contributed by atoms with E-state index in [1.165, 1.54) is 0 Å². The van der Waals surface area contributed by atoms with Crippen molar-refractivity contribution in [3.8, 4) is 22.9 Å². The molecule has 2 aromatic carbocycles. The molecule has 3 N–H and O–H groups in total. The molecule has 0 bridgehead atoms. The first-order chi connectivity index (χ1) is 17.1. The second kappa shape index (κ2) is 10.2. The predicted molar refractivity (Wildman–Crippen MR) is 141 cm³/mol. The van der Waals surface area contributed by atoms with Gasteiger partial charge in [-0.3, -0.25) is 9.89 Å².